The van der Waals surface area contributed by atoms with Gasteiger partial charge in [0.2, 0.25) is 0 Å². The molecular weight excluding hydrogens is 219 g/mol. The number of hydrogen-bond donors (Lipinski definition) is 1. The molecule has 0 radical (unpaired) electrons. The van der Waals surface area contributed by atoms with Crippen molar-refractivity contribution >= 4 is 17.3 Å². The molecule has 0 atom stereocenters. The summed E-state index contributed by atoms with van der Waals surface area (Å²) in [7, 11) is 0. The highest BCUT2D eigenvalue weighted by atomic mass is 35.5. The number of rotatable bonds is 1. The summed E-state index contributed by atoms with van der Waals surface area (Å²) in [6.07, 6.45) is -4.79. The second-order valence-electron chi connectivity index (χ2n) is 2.65. The molecule has 0 fully saturated rings. The summed E-state index contributed by atoms with van der Waals surface area (Å²) in [5.41, 5.74) is 5.76. The van der Waals surface area contributed by atoms with Crippen LogP contribution in [0.5, 0.6) is 5.75 Å². The van der Waals surface area contributed by atoms with Gasteiger partial charge < -0.3 is 10.5 Å². The van der Waals surface area contributed by atoms with Crippen molar-refractivity contribution in [2.45, 2.75) is 13.3 Å². The zero-order chi connectivity index (χ0) is 10.9. The Bertz CT molecular complexity index is 351. The maximum Gasteiger partial charge on any atom is 0.573 e. The zero-order valence-corrected chi connectivity index (χ0v) is 7.91. The van der Waals surface area contributed by atoms with Crippen molar-refractivity contribution in [3.63, 3.8) is 0 Å². The molecule has 0 aliphatic carbocycles. The summed E-state index contributed by atoms with van der Waals surface area (Å²) in [6.45, 7) is 1.56. The fraction of sp³-hybridized carbons (Fsp3) is 0.250. The number of benzene rings is 1. The summed E-state index contributed by atoms with van der Waals surface area (Å²) in [6, 6.07) is 2.81. The number of nitrogen functional groups attached to an aromatic ring is 1. The van der Waals surface area contributed by atoms with E-state index >= 15 is 0 Å². The molecule has 1 aromatic carbocycles. The first-order valence-corrected chi connectivity index (χ1v) is 3.99. The molecule has 0 aliphatic heterocycles. The molecule has 2 N–H and O–H groups in total. The Morgan fingerprint density at radius 3 is 2.43 bits per heavy atom. The molecule has 1 aromatic rings. The van der Waals surface area contributed by atoms with Gasteiger partial charge in [0.15, 0.2) is 5.75 Å². The molecule has 0 saturated carbocycles. The fourth-order valence-electron chi connectivity index (χ4n) is 0.891. The van der Waals surface area contributed by atoms with Gasteiger partial charge in [-0.2, -0.15) is 0 Å². The third kappa shape index (κ3) is 2.45. The van der Waals surface area contributed by atoms with Crippen LogP contribution in [-0.2, 0) is 0 Å². The van der Waals surface area contributed by atoms with Gasteiger partial charge >= 0.3 is 6.36 Å². The smallest absolute Gasteiger partial charge is 0.402 e. The van der Waals surface area contributed by atoms with Crippen molar-refractivity contribution in [3.8, 4) is 5.75 Å². The van der Waals surface area contributed by atoms with Gasteiger partial charge in [-0.3, -0.25) is 0 Å². The van der Waals surface area contributed by atoms with Crippen molar-refractivity contribution in [2.75, 3.05) is 5.73 Å². The molecule has 0 spiro atoms. The number of aryl methyl sites for hydroxylation is 1. The summed E-state index contributed by atoms with van der Waals surface area (Å²) in [5, 5.41) is -0.162. The standard InChI is InChI=1S/C8H7ClF3NO/c1-4-2-3-5(9)7(6(4)13)14-8(10,11)12/h2-3H,13H2,1H3. The van der Waals surface area contributed by atoms with Crippen LogP contribution >= 0.6 is 11.6 Å². The van der Waals surface area contributed by atoms with E-state index in [1.54, 1.807) is 6.92 Å². The quantitative estimate of drug-likeness (QED) is 0.746. The van der Waals surface area contributed by atoms with Crippen molar-refractivity contribution in [3.05, 3.63) is 22.7 Å². The minimum Gasteiger partial charge on any atom is -0.402 e. The van der Waals surface area contributed by atoms with Gasteiger partial charge in [0.25, 0.3) is 0 Å². The van der Waals surface area contributed by atoms with E-state index in [2.05, 4.69) is 4.74 Å². The van der Waals surface area contributed by atoms with Gasteiger partial charge in [-0.25, -0.2) is 0 Å². The summed E-state index contributed by atoms with van der Waals surface area (Å²) >= 11 is 5.50. The lowest BCUT2D eigenvalue weighted by molar-refractivity contribution is -0.274. The van der Waals surface area contributed by atoms with E-state index in [0.29, 0.717) is 5.56 Å². The highest BCUT2D eigenvalue weighted by Gasteiger charge is 2.33. The van der Waals surface area contributed by atoms with Crippen LogP contribution in [0.3, 0.4) is 0 Å². The zero-order valence-electron chi connectivity index (χ0n) is 7.15. The first-order valence-electron chi connectivity index (χ1n) is 3.61. The van der Waals surface area contributed by atoms with Crippen molar-refractivity contribution in [1.82, 2.24) is 0 Å². The predicted molar refractivity (Wildman–Crippen MR) is 47.3 cm³/mol. The Morgan fingerprint density at radius 2 is 1.93 bits per heavy atom. The number of hydrogen-bond acceptors (Lipinski definition) is 2. The fourth-order valence-corrected chi connectivity index (χ4v) is 1.09. The number of ether oxygens (including phenoxy) is 1. The minimum absolute atomic E-state index is 0.102. The van der Waals surface area contributed by atoms with E-state index in [-0.39, 0.29) is 10.7 Å². The first kappa shape index (κ1) is 11.0. The van der Waals surface area contributed by atoms with Crippen molar-refractivity contribution in [2.24, 2.45) is 0 Å². The molecule has 0 heterocycles. The van der Waals surface area contributed by atoms with E-state index in [4.69, 9.17) is 17.3 Å². The Morgan fingerprint density at radius 1 is 1.36 bits per heavy atom. The summed E-state index contributed by atoms with van der Waals surface area (Å²) < 4.78 is 39.4. The lowest BCUT2D eigenvalue weighted by atomic mass is 10.2. The second-order valence-corrected chi connectivity index (χ2v) is 3.06. The molecule has 0 bridgehead atoms. The number of alkyl halides is 3. The molecule has 0 aliphatic rings. The molecule has 0 unspecified atom stereocenters. The SMILES string of the molecule is Cc1ccc(Cl)c(OC(F)(F)F)c1N. The van der Waals surface area contributed by atoms with E-state index in [1.165, 1.54) is 12.1 Å². The third-order valence-electron chi connectivity index (χ3n) is 1.58. The van der Waals surface area contributed by atoms with Crippen molar-refractivity contribution < 1.29 is 17.9 Å². The first-order chi connectivity index (χ1) is 6.31. The summed E-state index contributed by atoms with van der Waals surface area (Å²) in [4.78, 5) is 0. The Kier molecular flexibility index (Phi) is 2.80. The largest absolute Gasteiger partial charge is 0.573 e. The molecule has 78 valence electrons. The van der Waals surface area contributed by atoms with Gasteiger partial charge in [0, 0.05) is 0 Å². The summed E-state index contributed by atoms with van der Waals surface area (Å²) in [5.74, 6) is -0.542. The van der Waals surface area contributed by atoms with Crippen LogP contribution in [0.2, 0.25) is 5.02 Å². The number of anilines is 1. The Hall–Kier alpha value is -1.10. The predicted octanol–water partition coefficient (Wildman–Crippen LogP) is 3.13. The molecule has 6 heteroatoms. The average Bonchev–Trinajstić information content (AvgIpc) is 2.04. The molecule has 0 saturated heterocycles. The minimum atomic E-state index is -4.79. The topological polar surface area (TPSA) is 35.2 Å². The third-order valence-corrected chi connectivity index (χ3v) is 1.88. The molecular formula is C8H7ClF3NO. The lowest BCUT2D eigenvalue weighted by Crippen LogP contribution is -2.18. The van der Waals surface area contributed by atoms with Gasteiger partial charge in [0.1, 0.15) is 0 Å². The van der Waals surface area contributed by atoms with Crippen LogP contribution in [-0.4, -0.2) is 6.36 Å². The molecule has 0 amide bonds. The van der Waals surface area contributed by atoms with E-state index in [9.17, 15) is 13.2 Å². The molecule has 2 nitrogen and oxygen atoms in total. The molecule has 14 heavy (non-hydrogen) atoms. The van der Waals surface area contributed by atoms with E-state index < -0.39 is 12.1 Å². The number of nitrogens with two attached hydrogens (primary N) is 1. The van der Waals surface area contributed by atoms with Crippen LogP contribution in [0.4, 0.5) is 18.9 Å². The van der Waals surface area contributed by atoms with E-state index in [0.717, 1.165) is 0 Å². The van der Waals surface area contributed by atoms with Gasteiger partial charge in [-0.15, -0.1) is 13.2 Å². The van der Waals surface area contributed by atoms with E-state index in [1.807, 2.05) is 0 Å². The maximum absolute atomic E-state index is 11.9. The number of halogens is 4. The Balaban J connectivity index is 3.13. The van der Waals surface area contributed by atoms with Crippen LogP contribution in [0.25, 0.3) is 0 Å². The monoisotopic (exact) mass is 225 g/mol. The maximum atomic E-state index is 11.9. The average molecular weight is 226 g/mol. The second kappa shape index (κ2) is 3.57. The molecule has 0 aromatic heterocycles. The van der Waals surface area contributed by atoms with Gasteiger partial charge in [-0.05, 0) is 18.6 Å². The van der Waals surface area contributed by atoms with Crippen LogP contribution in [0.1, 0.15) is 5.56 Å². The van der Waals surface area contributed by atoms with Gasteiger partial charge in [0.05, 0.1) is 10.7 Å². The molecule has 1 rings (SSSR count). The van der Waals surface area contributed by atoms with Crippen LogP contribution in [0.15, 0.2) is 12.1 Å². The van der Waals surface area contributed by atoms with Gasteiger partial charge in [-0.1, -0.05) is 17.7 Å². The van der Waals surface area contributed by atoms with Crippen LogP contribution in [0, 0.1) is 6.92 Å². The normalized spacial score (nSPS) is 11.5. The van der Waals surface area contributed by atoms with Crippen molar-refractivity contribution in [1.29, 1.82) is 0 Å². The van der Waals surface area contributed by atoms with Crippen LogP contribution < -0.4 is 10.5 Å². The highest BCUT2D eigenvalue weighted by Crippen LogP contribution is 2.36. The highest BCUT2D eigenvalue weighted by molar-refractivity contribution is 6.32. The lowest BCUT2D eigenvalue weighted by Gasteiger charge is -2.13. The Labute approximate surface area is 83.4 Å².